The van der Waals surface area contributed by atoms with Crippen LogP contribution in [0, 0.1) is 5.92 Å². The fourth-order valence-corrected chi connectivity index (χ4v) is 3.95. The minimum Gasteiger partial charge on any atom is -0.469 e. The maximum Gasteiger partial charge on any atom is 0.310 e. The maximum atomic E-state index is 12.9. The van der Waals surface area contributed by atoms with Gasteiger partial charge in [-0.15, -0.1) is 0 Å². The number of anilines is 2. The highest BCUT2D eigenvalue weighted by atomic mass is 16.5. The first-order valence-electron chi connectivity index (χ1n) is 9.36. The molecule has 2 aromatic rings. The summed E-state index contributed by atoms with van der Waals surface area (Å²) >= 11 is 0. The van der Waals surface area contributed by atoms with Crippen molar-refractivity contribution in [1.29, 1.82) is 0 Å². The third-order valence-corrected chi connectivity index (χ3v) is 5.41. The fraction of sp³-hybridized carbons (Fsp3) is 0.381. The number of hydrogen-bond donors (Lipinski definition) is 0. The molecule has 6 nitrogen and oxygen atoms in total. The zero-order valence-electron chi connectivity index (χ0n) is 15.4. The molecule has 0 aliphatic carbocycles. The van der Waals surface area contributed by atoms with E-state index in [2.05, 4.69) is 16.0 Å². The molecule has 2 aliphatic rings. The SMILES string of the molecule is COC(=O)[C@H]1CCCN(c2ccc(C(=O)N3CCc4ccccc43)cn2)C1. The maximum absolute atomic E-state index is 12.9. The first-order valence-corrected chi connectivity index (χ1v) is 9.36. The van der Waals surface area contributed by atoms with Gasteiger partial charge in [0, 0.05) is 31.5 Å². The van der Waals surface area contributed by atoms with Gasteiger partial charge in [-0.2, -0.15) is 0 Å². The molecule has 1 aromatic carbocycles. The minimum absolute atomic E-state index is 0.0231. The molecule has 1 amide bonds. The molecular weight excluding hydrogens is 342 g/mol. The summed E-state index contributed by atoms with van der Waals surface area (Å²) < 4.78 is 4.87. The van der Waals surface area contributed by atoms with E-state index in [1.54, 1.807) is 6.20 Å². The normalized spacial score (nSPS) is 18.9. The highest BCUT2D eigenvalue weighted by Gasteiger charge is 2.28. The van der Waals surface area contributed by atoms with Crippen LogP contribution >= 0.6 is 0 Å². The van der Waals surface area contributed by atoms with Gasteiger partial charge < -0.3 is 14.5 Å². The van der Waals surface area contributed by atoms with Gasteiger partial charge in [0.25, 0.3) is 5.91 Å². The summed E-state index contributed by atoms with van der Waals surface area (Å²) in [6.45, 7) is 2.16. The van der Waals surface area contributed by atoms with Gasteiger partial charge in [-0.25, -0.2) is 4.98 Å². The summed E-state index contributed by atoms with van der Waals surface area (Å²) in [5, 5.41) is 0. The Hall–Kier alpha value is -2.89. The number of rotatable bonds is 3. The summed E-state index contributed by atoms with van der Waals surface area (Å²) in [6, 6.07) is 11.7. The molecule has 0 N–H and O–H groups in total. The number of amides is 1. The summed E-state index contributed by atoms with van der Waals surface area (Å²) in [5.41, 5.74) is 2.78. The van der Waals surface area contributed by atoms with Crippen LogP contribution in [0.5, 0.6) is 0 Å². The van der Waals surface area contributed by atoms with E-state index in [1.807, 2.05) is 35.2 Å². The number of aromatic nitrogens is 1. The number of fused-ring (bicyclic) bond motifs is 1. The van der Waals surface area contributed by atoms with Gasteiger partial charge in [0.15, 0.2) is 0 Å². The minimum atomic E-state index is -0.167. The average Bonchev–Trinajstić information content (AvgIpc) is 3.17. The molecule has 4 rings (SSSR count). The Balaban J connectivity index is 1.48. The summed E-state index contributed by atoms with van der Waals surface area (Å²) in [6.07, 6.45) is 4.29. The zero-order chi connectivity index (χ0) is 18.8. The lowest BCUT2D eigenvalue weighted by molar-refractivity contribution is -0.145. The first-order chi connectivity index (χ1) is 13.2. The molecule has 0 bridgehead atoms. The molecule has 1 aromatic heterocycles. The second kappa shape index (κ2) is 7.39. The van der Waals surface area contributed by atoms with Crippen molar-refractivity contribution in [3.05, 3.63) is 53.7 Å². The number of nitrogens with zero attached hydrogens (tertiary/aromatic N) is 3. The van der Waals surface area contributed by atoms with Crippen molar-refractivity contribution in [2.24, 2.45) is 5.92 Å². The molecule has 3 heterocycles. The van der Waals surface area contributed by atoms with Crippen LogP contribution in [0.3, 0.4) is 0 Å². The second-order valence-electron chi connectivity index (χ2n) is 7.05. The molecule has 0 spiro atoms. The Bertz CT molecular complexity index is 850. The van der Waals surface area contributed by atoms with E-state index in [1.165, 1.54) is 12.7 Å². The number of hydrogen-bond acceptors (Lipinski definition) is 5. The van der Waals surface area contributed by atoms with Crippen LogP contribution < -0.4 is 9.80 Å². The highest BCUT2D eigenvalue weighted by Crippen LogP contribution is 2.29. The second-order valence-corrected chi connectivity index (χ2v) is 7.05. The van der Waals surface area contributed by atoms with Gasteiger partial charge in [-0.1, -0.05) is 18.2 Å². The van der Waals surface area contributed by atoms with Crippen molar-refractivity contribution in [3.8, 4) is 0 Å². The number of pyridine rings is 1. The van der Waals surface area contributed by atoms with Gasteiger partial charge in [-0.3, -0.25) is 9.59 Å². The van der Waals surface area contributed by atoms with Crippen LogP contribution in [0.25, 0.3) is 0 Å². The smallest absolute Gasteiger partial charge is 0.310 e. The van der Waals surface area contributed by atoms with Crippen molar-refractivity contribution in [2.75, 3.05) is 36.5 Å². The zero-order valence-corrected chi connectivity index (χ0v) is 15.4. The lowest BCUT2D eigenvalue weighted by Crippen LogP contribution is -2.39. The van der Waals surface area contributed by atoms with E-state index in [4.69, 9.17) is 4.74 Å². The van der Waals surface area contributed by atoms with E-state index in [-0.39, 0.29) is 17.8 Å². The van der Waals surface area contributed by atoms with Crippen LogP contribution in [-0.4, -0.2) is 43.6 Å². The van der Waals surface area contributed by atoms with E-state index < -0.39 is 0 Å². The Morgan fingerprint density at radius 3 is 2.78 bits per heavy atom. The van der Waals surface area contributed by atoms with Crippen LogP contribution in [0.2, 0.25) is 0 Å². The highest BCUT2D eigenvalue weighted by molar-refractivity contribution is 6.07. The molecule has 140 valence electrons. The van der Waals surface area contributed by atoms with Gasteiger partial charge in [0.1, 0.15) is 5.82 Å². The Kier molecular flexibility index (Phi) is 4.79. The number of piperidine rings is 1. The molecule has 6 heteroatoms. The van der Waals surface area contributed by atoms with Crippen molar-refractivity contribution >= 4 is 23.4 Å². The Morgan fingerprint density at radius 2 is 2.00 bits per heavy atom. The lowest BCUT2D eigenvalue weighted by atomic mass is 9.98. The summed E-state index contributed by atoms with van der Waals surface area (Å²) in [4.78, 5) is 33.1. The van der Waals surface area contributed by atoms with Gasteiger partial charge in [-0.05, 0) is 43.0 Å². The number of carbonyl (C=O) groups excluding carboxylic acids is 2. The average molecular weight is 365 g/mol. The van der Waals surface area contributed by atoms with E-state index in [9.17, 15) is 9.59 Å². The Morgan fingerprint density at radius 1 is 1.15 bits per heavy atom. The molecular formula is C21H23N3O3. The fourth-order valence-electron chi connectivity index (χ4n) is 3.95. The van der Waals surface area contributed by atoms with E-state index in [0.717, 1.165) is 37.3 Å². The first kappa shape index (κ1) is 17.5. The molecule has 27 heavy (non-hydrogen) atoms. The quantitative estimate of drug-likeness (QED) is 0.783. The van der Waals surface area contributed by atoms with Gasteiger partial charge >= 0.3 is 5.97 Å². The van der Waals surface area contributed by atoms with Crippen molar-refractivity contribution in [2.45, 2.75) is 19.3 Å². The number of benzene rings is 1. The standard InChI is InChI=1S/C21H23N3O3/c1-27-21(26)17-6-4-11-23(14-17)19-9-8-16(13-22-19)20(25)24-12-10-15-5-2-3-7-18(15)24/h2-3,5,7-9,13,17H,4,6,10-12,14H2,1H3/t17-/m0/s1. The molecule has 2 aliphatic heterocycles. The Labute approximate surface area is 158 Å². The van der Waals surface area contributed by atoms with Crippen LogP contribution in [0.1, 0.15) is 28.8 Å². The van der Waals surface area contributed by atoms with Crippen molar-refractivity contribution in [1.82, 2.24) is 4.98 Å². The van der Waals surface area contributed by atoms with Gasteiger partial charge in [0.05, 0.1) is 18.6 Å². The predicted octanol–water partition coefficient (Wildman–Crippen LogP) is 2.67. The third-order valence-electron chi connectivity index (χ3n) is 5.41. The lowest BCUT2D eigenvalue weighted by Gasteiger charge is -2.32. The molecule has 0 radical (unpaired) electrons. The number of para-hydroxylation sites is 1. The van der Waals surface area contributed by atoms with E-state index in [0.29, 0.717) is 18.7 Å². The molecule has 0 saturated carbocycles. The molecule has 1 saturated heterocycles. The van der Waals surface area contributed by atoms with Crippen molar-refractivity contribution in [3.63, 3.8) is 0 Å². The molecule has 0 unspecified atom stereocenters. The molecule has 1 fully saturated rings. The third kappa shape index (κ3) is 3.39. The monoisotopic (exact) mass is 365 g/mol. The summed E-state index contributed by atoms with van der Waals surface area (Å²) in [7, 11) is 1.43. The number of methoxy groups -OCH3 is 1. The van der Waals surface area contributed by atoms with Crippen LogP contribution in [0.4, 0.5) is 11.5 Å². The van der Waals surface area contributed by atoms with Crippen molar-refractivity contribution < 1.29 is 14.3 Å². The van der Waals surface area contributed by atoms with Crippen LogP contribution in [0.15, 0.2) is 42.6 Å². The van der Waals surface area contributed by atoms with E-state index >= 15 is 0 Å². The number of carbonyl (C=O) groups is 2. The van der Waals surface area contributed by atoms with Gasteiger partial charge in [0.2, 0.25) is 0 Å². The molecule has 1 atom stereocenters. The predicted molar refractivity (Wildman–Crippen MR) is 103 cm³/mol. The topological polar surface area (TPSA) is 62.7 Å². The van der Waals surface area contributed by atoms with Crippen LogP contribution in [-0.2, 0) is 16.0 Å². The number of esters is 1. The number of ether oxygens (including phenoxy) is 1. The largest absolute Gasteiger partial charge is 0.469 e. The summed E-state index contributed by atoms with van der Waals surface area (Å²) in [5.74, 6) is 0.485.